The van der Waals surface area contributed by atoms with Crippen molar-refractivity contribution in [2.75, 3.05) is 52.0 Å². The summed E-state index contributed by atoms with van der Waals surface area (Å²) in [7, 11) is 3.43. The van der Waals surface area contributed by atoms with E-state index in [4.69, 9.17) is 9.47 Å². The molecule has 0 aliphatic heterocycles. The fourth-order valence-corrected chi connectivity index (χ4v) is 2.41. The van der Waals surface area contributed by atoms with Gasteiger partial charge in [0.1, 0.15) is 0 Å². The zero-order chi connectivity index (χ0) is 13.2. The lowest BCUT2D eigenvalue weighted by molar-refractivity contribution is 0.190. The van der Waals surface area contributed by atoms with Crippen LogP contribution in [-0.2, 0) is 16.0 Å². The highest BCUT2D eigenvalue weighted by Gasteiger charge is 2.10. The lowest BCUT2D eigenvalue weighted by Crippen LogP contribution is -2.30. The maximum atomic E-state index is 5.13. The minimum absolute atomic E-state index is 0.700. The minimum Gasteiger partial charge on any atom is -0.383 e. The fraction of sp³-hybridized carbons (Fsp3) is 0.750. The summed E-state index contributed by atoms with van der Waals surface area (Å²) in [4.78, 5) is 7.93. The molecule has 0 saturated heterocycles. The average Bonchev–Trinajstić information content (AvgIpc) is 2.85. The zero-order valence-corrected chi connectivity index (χ0v) is 12.3. The fourth-order valence-electron chi connectivity index (χ4n) is 1.48. The van der Waals surface area contributed by atoms with Crippen molar-refractivity contribution >= 4 is 16.5 Å². The molecule has 1 N–H and O–H groups in total. The van der Waals surface area contributed by atoms with Crippen LogP contribution in [0.2, 0.25) is 0 Å². The highest BCUT2D eigenvalue weighted by molar-refractivity contribution is 7.15. The molecule has 1 aromatic rings. The Morgan fingerprint density at radius 3 is 2.50 bits per heavy atom. The van der Waals surface area contributed by atoms with Gasteiger partial charge in [-0.05, 0) is 6.54 Å². The third kappa shape index (κ3) is 5.30. The molecule has 1 aromatic heterocycles. The first-order valence-corrected chi connectivity index (χ1v) is 7.01. The van der Waals surface area contributed by atoms with E-state index in [0.717, 1.165) is 31.3 Å². The number of ether oxygens (including phenoxy) is 2. The maximum absolute atomic E-state index is 5.13. The lowest BCUT2D eigenvalue weighted by atomic mass is 10.5. The summed E-state index contributed by atoms with van der Waals surface area (Å²) in [5, 5.41) is 4.34. The Hall–Kier alpha value is -0.690. The van der Waals surface area contributed by atoms with Gasteiger partial charge in [-0.1, -0.05) is 6.92 Å². The highest BCUT2D eigenvalue weighted by Crippen LogP contribution is 2.22. The van der Waals surface area contributed by atoms with Gasteiger partial charge in [-0.15, -0.1) is 11.3 Å². The van der Waals surface area contributed by atoms with Crippen LogP contribution in [0.5, 0.6) is 0 Å². The molecule has 0 spiro atoms. The summed E-state index contributed by atoms with van der Waals surface area (Å²) in [5.74, 6) is 0. The molecule has 0 atom stereocenters. The Kier molecular flexibility index (Phi) is 7.91. The molecule has 0 unspecified atom stereocenters. The van der Waals surface area contributed by atoms with Crippen LogP contribution in [0.4, 0.5) is 5.13 Å². The van der Waals surface area contributed by atoms with Crippen LogP contribution < -0.4 is 10.2 Å². The van der Waals surface area contributed by atoms with Crippen LogP contribution in [0.25, 0.3) is 0 Å². The second-order valence-corrected chi connectivity index (χ2v) is 4.96. The summed E-state index contributed by atoms with van der Waals surface area (Å²) in [6, 6.07) is 0. The number of aromatic nitrogens is 1. The SMILES string of the molecule is CCNCc1cnc(N(CCOC)CCOC)s1. The Balaban J connectivity index is 2.56. The zero-order valence-electron chi connectivity index (χ0n) is 11.4. The van der Waals surface area contributed by atoms with Crippen LogP contribution in [-0.4, -0.2) is 52.1 Å². The van der Waals surface area contributed by atoms with Gasteiger partial charge in [0.2, 0.25) is 0 Å². The van der Waals surface area contributed by atoms with Crippen molar-refractivity contribution in [1.82, 2.24) is 10.3 Å². The third-order valence-electron chi connectivity index (χ3n) is 2.49. The molecule has 1 rings (SSSR count). The molecule has 0 aliphatic rings. The van der Waals surface area contributed by atoms with Crippen LogP contribution in [0, 0.1) is 0 Å². The second-order valence-electron chi connectivity index (χ2n) is 3.86. The van der Waals surface area contributed by atoms with Crippen LogP contribution in [0.15, 0.2) is 6.20 Å². The normalized spacial score (nSPS) is 10.8. The van der Waals surface area contributed by atoms with E-state index in [2.05, 4.69) is 22.1 Å². The Labute approximate surface area is 113 Å². The molecular weight excluding hydrogens is 250 g/mol. The second kappa shape index (κ2) is 9.27. The number of nitrogens with zero attached hydrogens (tertiary/aromatic N) is 2. The van der Waals surface area contributed by atoms with Gasteiger partial charge >= 0.3 is 0 Å². The van der Waals surface area contributed by atoms with Crippen LogP contribution >= 0.6 is 11.3 Å². The highest BCUT2D eigenvalue weighted by atomic mass is 32.1. The molecule has 1 heterocycles. The smallest absolute Gasteiger partial charge is 0.185 e. The van der Waals surface area contributed by atoms with Crippen molar-refractivity contribution in [2.24, 2.45) is 0 Å². The molecule has 0 aromatic carbocycles. The van der Waals surface area contributed by atoms with Crippen molar-refractivity contribution in [3.05, 3.63) is 11.1 Å². The first kappa shape index (κ1) is 15.4. The molecule has 18 heavy (non-hydrogen) atoms. The quantitative estimate of drug-likeness (QED) is 0.697. The molecule has 0 aliphatic carbocycles. The van der Waals surface area contributed by atoms with Gasteiger partial charge in [-0.25, -0.2) is 4.98 Å². The molecule has 0 radical (unpaired) electrons. The summed E-state index contributed by atoms with van der Waals surface area (Å²) < 4.78 is 10.3. The number of rotatable bonds is 10. The van der Waals surface area contributed by atoms with Crippen molar-refractivity contribution in [3.63, 3.8) is 0 Å². The van der Waals surface area contributed by atoms with E-state index in [1.807, 2.05) is 6.20 Å². The van der Waals surface area contributed by atoms with Crippen LogP contribution in [0.3, 0.4) is 0 Å². The largest absolute Gasteiger partial charge is 0.383 e. The Bertz CT molecular complexity index is 312. The summed E-state index contributed by atoms with van der Waals surface area (Å²) >= 11 is 1.72. The molecule has 0 saturated carbocycles. The lowest BCUT2D eigenvalue weighted by Gasteiger charge is -2.20. The molecule has 0 fully saturated rings. The first-order valence-electron chi connectivity index (χ1n) is 6.20. The number of nitrogens with one attached hydrogen (secondary N) is 1. The van der Waals surface area contributed by atoms with E-state index in [1.54, 1.807) is 25.6 Å². The van der Waals surface area contributed by atoms with Crippen molar-refractivity contribution in [3.8, 4) is 0 Å². The predicted octanol–water partition coefficient (Wildman–Crippen LogP) is 1.35. The van der Waals surface area contributed by atoms with Gasteiger partial charge in [-0.3, -0.25) is 0 Å². The third-order valence-corrected chi connectivity index (χ3v) is 3.55. The van der Waals surface area contributed by atoms with E-state index < -0.39 is 0 Å². The first-order chi connectivity index (χ1) is 8.81. The summed E-state index contributed by atoms with van der Waals surface area (Å²) in [5.41, 5.74) is 0. The van der Waals surface area contributed by atoms with Crippen molar-refractivity contribution in [1.29, 1.82) is 0 Å². The van der Waals surface area contributed by atoms with Gasteiger partial charge in [0.15, 0.2) is 5.13 Å². The van der Waals surface area contributed by atoms with Crippen LogP contribution in [0.1, 0.15) is 11.8 Å². The van der Waals surface area contributed by atoms with E-state index in [-0.39, 0.29) is 0 Å². The number of anilines is 1. The number of methoxy groups -OCH3 is 2. The Morgan fingerprint density at radius 1 is 1.28 bits per heavy atom. The molecule has 0 amide bonds. The van der Waals surface area contributed by atoms with E-state index in [0.29, 0.717) is 13.2 Å². The standard InChI is InChI=1S/C12H23N3O2S/c1-4-13-9-11-10-14-12(18-11)15(5-7-16-2)6-8-17-3/h10,13H,4-9H2,1-3H3. The average molecular weight is 273 g/mol. The number of hydrogen-bond donors (Lipinski definition) is 1. The number of thiazole rings is 1. The Morgan fingerprint density at radius 2 is 1.94 bits per heavy atom. The molecular formula is C12H23N3O2S. The number of hydrogen-bond acceptors (Lipinski definition) is 6. The van der Waals surface area contributed by atoms with Gasteiger partial charge in [0.25, 0.3) is 0 Å². The van der Waals surface area contributed by atoms with E-state index in [1.165, 1.54) is 4.88 Å². The van der Waals surface area contributed by atoms with Gasteiger partial charge < -0.3 is 19.7 Å². The van der Waals surface area contributed by atoms with E-state index in [9.17, 15) is 0 Å². The minimum atomic E-state index is 0.700. The molecule has 5 nitrogen and oxygen atoms in total. The molecule has 6 heteroatoms. The monoisotopic (exact) mass is 273 g/mol. The van der Waals surface area contributed by atoms with Gasteiger partial charge in [0, 0.05) is 44.9 Å². The maximum Gasteiger partial charge on any atom is 0.185 e. The van der Waals surface area contributed by atoms with Crippen molar-refractivity contribution < 1.29 is 9.47 Å². The van der Waals surface area contributed by atoms with Gasteiger partial charge in [0.05, 0.1) is 13.2 Å². The summed E-state index contributed by atoms with van der Waals surface area (Å²) in [6.07, 6.45) is 1.94. The topological polar surface area (TPSA) is 46.6 Å². The predicted molar refractivity (Wildman–Crippen MR) is 75.5 cm³/mol. The molecule has 104 valence electrons. The van der Waals surface area contributed by atoms with Crippen molar-refractivity contribution in [2.45, 2.75) is 13.5 Å². The molecule has 0 bridgehead atoms. The van der Waals surface area contributed by atoms with E-state index >= 15 is 0 Å². The summed E-state index contributed by atoms with van der Waals surface area (Å²) in [6.45, 7) is 7.05. The van der Waals surface area contributed by atoms with Gasteiger partial charge in [-0.2, -0.15) is 0 Å².